The van der Waals surface area contributed by atoms with E-state index < -0.39 is 0 Å². The summed E-state index contributed by atoms with van der Waals surface area (Å²) < 4.78 is 5.07. The molecule has 1 fully saturated rings. The molecule has 1 radical (unpaired) electrons. The van der Waals surface area contributed by atoms with Crippen molar-refractivity contribution in [3.63, 3.8) is 0 Å². The lowest BCUT2D eigenvalue weighted by atomic mass is 10.4. The first-order valence-corrected chi connectivity index (χ1v) is 3.04. The topological polar surface area (TPSA) is 29.5 Å². The second-order valence-corrected chi connectivity index (χ2v) is 1.93. The average Bonchev–Trinajstić information content (AvgIpc) is 1.91. The summed E-state index contributed by atoms with van der Waals surface area (Å²) in [6.45, 7) is 4.73. The van der Waals surface area contributed by atoms with E-state index in [-0.39, 0.29) is 0 Å². The lowest BCUT2D eigenvalue weighted by Crippen LogP contribution is -2.34. The van der Waals surface area contributed by atoms with Crippen LogP contribution >= 0.6 is 0 Å². The number of aldehydes is 1. The van der Waals surface area contributed by atoms with Gasteiger partial charge in [0.25, 0.3) is 0 Å². The van der Waals surface area contributed by atoms with Gasteiger partial charge in [-0.15, -0.1) is 0 Å². The number of carbonyl (C=O) groups excluding carboxylic acids is 1. The van der Waals surface area contributed by atoms with E-state index >= 15 is 0 Å². The molecule has 9 heavy (non-hydrogen) atoms. The number of hydrogen-bond donors (Lipinski definition) is 0. The number of rotatable bonds is 2. The Bertz CT molecular complexity index is 89.1. The highest BCUT2D eigenvalue weighted by Crippen LogP contribution is 1.96. The molecule has 3 heteroatoms. The summed E-state index contributed by atoms with van der Waals surface area (Å²) in [6.07, 6.45) is 0.811. The summed E-state index contributed by atoms with van der Waals surface area (Å²) in [5.74, 6) is 0. The van der Waals surface area contributed by atoms with Crippen LogP contribution in [-0.4, -0.2) is 37.5 Å². The van der Waals surface area contributed by atoms with Gasteiger partial charge in [0.1, 0.15) is 6.29 Å². The van der Waals surface area contributed by atoms with Crippen molar-refractivity contribution in [2.45, 2.75) is 0 Å². The van der Waals surface area contributed by atoms with E-state index in [1.54, 1.807) is 6.54 Å². The fourth-order valence-corrected chi connectivity index (χ4v) is 0.813. The molecule has 0 unspecified atom stereocenters. The molecule has 1 rings (SSSR count). The van der Waals surface area contributed by atoms with Gasteiger partial charge in [-0.25, -0.2) is 0 Å². The van der Waals surface area contributed by atoms with E-state index in [9.17, 15) is 4.79 Å². The van der Waals surface area contributed by atoms with Crippen LogP contribution in [0.4, 0.5) is 0 Å². The molecule has 51 valence electrons. The van der Waals surface area contributed by atoms with Gasteiger partial charge in [-0.05, 0) is 0 Å². The van der Waals surface area contributed by atoms with Gasteiger partial charge in [0, 0.05) is 13.1 Å². The monoisotopic (exact) mass is 128 g/mol. The molecule has 1 aliphatic rings. The molecule has 0 amide bonds. The minimum atomic E-state index is 0.740. The lowest BCUT2D eigenvalue weighted by Gasteiger charge is -2.23. The number of nitrogens with zero attached hydrogens (tertiary/aromatic N) is 1. The predicted molar refractivity (Wildman–Crippen MR) is 32.8 cm³/mol. The van der Waals surface area contributed by atoms with E-state index in [0.717, 1.165) is 32.6 Å². The minimum absolute atomic E-state index is 0.740. The smallest absolute Gasteiger partial charge is 0.139 e. The van der Waals surface area contributed by atoms with Crippen LogP contribution in [-0.2, 0) is 9.53 Å². The van der Waals surface area contributed by atoms with Gasteiger partial charge in [-0.2, -0.15) is 0 Å². The van der Waals surface area contributed by atoms with Crippen molar-refractivity contribution < 1.29 is 9.53 Å². The van der Waals surface area contributed by atoms with Crippen molar-refractivity contribution in [1.29, 1.82) is 0 Å². The molecule has 0 aromatic carbocycles. The maximum absolute atomic E-state index is 9.94. The Morgan fingerprint density at radius 1 is 1.33 bits per heavy atom. The van der Waals surface area contributed by atoms with Crippen molar-refractivity contribution in [2.24, 2.45) is 0 Å². The molecule has 0 bridgehead atoms. The number of morpholine rings is 1. The largest absolute Gasteiger partial charge is 0.379 e. The van der Waals surface area contributed by atoms with Gasteiger partial charge in [0.2, 0.25) is 0 Å². The Labute approximate surface area is 54.6 Å². The van der Waals surface area contributed by atoms with Crippen LogP contribution < -0.4 is 0 Å². The van der Waals surface area contributed by atoms with Crippen molar-refractivity contribution in [3.8, 4) is 0 Å². The first-order valence-electron chi connectivity index (χ1n) is 3.04. The first kappa shape index (κ1) is 6.71. The SMILES string of the molecule is O=C[CH]N1CCOCC1. The van der Waals surface area contributed by atoms with Crippen molar-refractivity contribution in [3.05, 3.63) is 6.54 Å². The van der Waals surface area contributed by atoms with Crippen LogP contribution in [0.1, 0.15) is 0 Å². The molecule has 1 saturated heterocycles. The van der Waals surface area contributed by atoms with Crippen LogP contribution in [0.5, 0.6) is 0 Å². The highest BCUT2D eigenvalue weighted by atomic mass is 16.5. The second-order valence-electron chi connectivity index (χ2n) is 1.93. The fourth-order valence-electron chi connectivity index (χ4n) is 0.813. The van der Waals surface area contributed by atoms with Gasteiger partial charge in [-0.3, -0.25) is 4.90 Å². The normalized spacial score (nSPS) is 21.8. The molecule has 0 spiro atoms. The third-order valence-corrected chi connectivity index (χ3v) is 1.32. The van der Waals surface area contributed by atoms with Crippen LogP contribution in [0, 0.1) is 6.54 Å². The van der Waals surface area contributed by atoms with Gasteiger partial charge >= 0.3 is 0 Å². The lowest BCUT2D eigenvalue weighted by molar-refractivity contribution is -0.107. The summed E-state index contributed by atoms with van der Waals surface area (Å²) in [4.78, 5) is 11.9. The number of carbonyl (C=O) groups is 1. The van der Waals surface area contributed by atoms with Gasteiger partial charge in [0.05, 0.1) is 19.8 Å². The Morgan fingerprint density at radius 2 is 2.00 bits per heavy atom. The molecule has 1 heterocycles. The zero-order valence-corrected chi connectivity index (χ0v) is 5.25. The summed E-state index contributed by atoms with van der Waals surface area (Å²) in [5, 5.41) is 0. The van der Waals surface area contributed by atoms with E-state index in [1.165, 1.54) is 0 Å². The summed E-state index contributed by atoms with van der Waals surface area (Å²) in [7, 11) is 0. The summed E-state index contributed by atoms with van der Waals surface area (Å²) >= 11 is 0. The van der Waals surface area contributed by atoms with Crippen LogP contribution in [0.2, 0.25) is 0 Å². The first-order chi connectivity index (χ1) is 4.43. The summed E-state index contributed by atoms with van der Waals surface area (Å²) in [6, 6.07) is 0. The molecule has 1 aliphatic heterocycles. The third-order valence-electron chi connectivity index (χ3n) is 1.32. The predicted octanol–water partition coefficient (Wildman–Crippen LogP) is -0.321. The fraction of sp³-hybridized carbons (Fsp3) is 0.667. The summed E-state index contributed by atoms with van der Waals surface area (Å²) in [5.41, 5.74) is 0. The Balaban J connectivity index is 2.15. The quantitative estimate of drug-likeness (QED) is 0.477. The average molecular weight is 128 g/mol. The van der Waals surface area contributed by atoms with E-state index in [2.05, 4.69) is 0 Å². The molecule has 0 atom stereocenters. The Kier molecular flexibility index (Phi) is 2.67. The Hall–Kier alpha value is -0.410. The Morgan fingerprint density at radius 3 is 2.56 bits per heavy atom. The van der Waals surface area contributed by atoms with Crippen LogP contribution in [0.15, 0.2) is 0 Å². The molecular weight excluding hydrogens is 118 g/mol. The second kappa shape index (κ2) is 3.58. The van der Waals surface area contributed by atoms with Gasteiger partial charge in [-0.1, -0.05) is 0 Å². The molecule has 3 nitrogen and oxygen atoms in total. The van der Waals surface area contributed by atoms with Crippen LogP contribution in [0.25, 0.3) is 0 Å². The number of hydrogen-bond acceptors (Lipinski definition) is 3. The van der Waals surface area contributed by atoms with Gasteiger partial charge < -0.3 is 9.53 Å². The zero-order valence-electron chi connectivity index (χ0n) is 5.25. The molecule has 0 saturated carbocycles. The van der Waals surface area contributed by atoms with Crippen molar-refractivity contribution >= 4 is 6.29 Å². The number of ether oxygens (including phenoxy) is 1. The zero-order chi connectivity index (χ0) is 6.53. The maximum atomic E-state index is 9.94. The molecule has 0 aromatic rings. The third kappa shape index (κ3) is 2.11. The van der Waals surface area contributed by atoms with Gasteiger partial charge in [0.15, 0.2) is 0 Å². The van der Waals surface area contributed by atoms with Crippen LogP contribution in [0.3, 0.4) is 0 Å². The standard InChI is InChI=1S/C6H10NO2/c8-4-1-7-2-5-9-6-3-7/h1,4H,2-3,5-6H2. The van der Waals surface area contributed by atoms with E-state index in [1.807, 2.05) is 4.90 Å². The molecule has 0 aliphatic carbocycles. The highest BCUT2D eigenvalue weighted by Gasteiger charge is 2.08. The van der Waals surface area contributed by atoms with Crippen molar-refractivity contribution in [2.75, 3.05) is 26.3 Å². The van der Waals surface area contributed by atoms with Crippen molar-refractivity contribution in [1.82, 2.24) is 4.90 Å². The van der Waals surface area contributed by atoms with E-state index in [0.29, 0.717) is 0 Å². The highest BCUT2D eigenvalue weighted by molar-refractivity contribution is 5.59. The molecule has 0 N–H and O–H groups in total. The minimum Gasteiger partial charge on any atom is -0.379 e. The van der Waals surface area contributed by atoms with E-state index in [4.69, 9.17) is 4.74 Å². The maximum Gasteiger partial charge on any atom is 0.139 e. The molecular formula is C6H10NO2. The molecule has 0 aromatic heterocycles.